The largest absolute Gasteiger partial charge is 0.374 e. The molecule has 0 spiro atoms. The number of hydrogen-bond acceptors (Lipinski definition) is 4. The van der Waals surface area contributed by atoms with Crippen LogP contribution in [0.15, 0.2) is 54.6 Å². The first-order chi connectivity index (χ1) is 14.1. The first kappa shape index (κ1) is 19.6. The van der Waals surface area contributed by atoms with Crippen LogP contribution < -0.4 is 10.6 Å². The molecule has 152 valence electrons. The summed E-state index contributed by atoms with van der Waals surface area (Å²) in [6, 6.07) is 17.1. The summed E-state index contributed by atoms with van der Waals surface area (Å²) in [5, 5.41) is 6.35. The lowest BCUT2D eigenvalue weighted by Gasteiger charge is -2.34. The summed E-state index contributed by atoms with van der Waals surface area (Å²) in [6.45, 7) is 3.98. The molecule has 0 saturated carbocycles. The molecule has 2 aliphatic heterocycles. The lowest BCUT2D eigenvalue weighted by molar-refractivity contribution is -0.148. The molecule has 2 saturated heterocycles. The van der Waals surface area contributed by atoms with Gasteiger partial charge in [-0.15, -0.1) is 0 Å². The molecular weight excluding hydrogens is 366 g/mol. The highest BCUT2D eigenvalue weighted by molar-refractivity contribution is 5.97. The van der Waals surface area contributed by atoms with E-state index in [0.717, 1.165) is 12.1 Å². The zero-order valence-corrected chi connectivity index (χ0v) is 16.6. The van der Waals surface area contributed by atoms with E-state index in [9.17, 15) is 9.59 Å². The van der Waals surface area contributed by atoms with Gasteiger partial charge in [-0.25, -0.2) is 0 Å². The molecule has 2 N–H and O–H groups in total. The smallest absolute Gasteiger partial charge is 0.248 e. The van der Waals surface area contributed by atoms with Crippen molar-refractivity contribution in [3.8, 4) is 0 Å². The molecule has 6 heteroatoms. The molecule has 6 nitrogen and oxygen atoms in total. The van der Waals surface area contributed by atoms with Gasteiger partial charge in [-0.1, -0.05) is 54.6 Å². The summed E-state index contributed by atoms with van der Waals surface area (Å²) in [5.41, 5.74) is 3.52. The monoisotopic (exact) mass is 393 g/mol. The number of carbonyl (C=O) groups is 2. The van der Waals surface area contributed by atoms with Crippen molar-refractivity contribution >= 4 is 11.8 Å². The van der Waals surface area contributed by atoms with Crippen molar-refractivity contribution in [3.05, 3.63) is 71.3 Å². The molecule has 4 rings (SSSR count). The van der Waals surface area contributed by atoms with Gasteiger partial charge in [-0.05, 0) is 30.0 Å². The van der Waals surface area contributed by atoms with Crippen molar-refractivity contribution in [1.29, 1.82) is 0 Å². The summed E-state index contributed by atoms with van der Waals surface area (Å²) in [6.07, 6.45) is 0.640. The highest BCUT2D eigenvalue weighted by Crippen LogP contribution is 2.23. The van der Waals surface area contributed by atoms with E-state index >= 15 is 0 Å². The van der Waals surface area contributed by atoms with Crippen LogP contribution in [0.2, 0.25) is 0 Å². The molecule has 3 atom stereocenters. The van der Waals surface area contributed by atoms with E-state index in [4.69, 9.17) is 4.74 Å². The maximum absolute atomic E-state index is 12.9. The van der Waals surface area contributed by atoms with Crippen LogP contribution in [0.1, 0.15) is 23.1 Å². The zero-order chi connectivity index (χ0) is 20.2. The van der Waals surface area contributed by atoms with E-state index in [1.54, 1.807) is 4.90 Å². The molecule has 0 aliphatic carbocycles. The standard InChI is InChI=1S/C23H27N3O3/c1-16-7-5-6-10-18(16)12-24-19-11-21-22(27)25-20(23(28)26(21)13-19)15-29-14-17-8-3-2-4-9-17/h2-10,19-21,24H,11-15H2,1H3,(H,25,27)/t19-,20-,21-/m0/s1. The Bertz CT molecular complexity index is 871. The van der Waals surface area contributed by atoms with Crippen molar-refractivity contribution in [2.24, 2.45) is 0 Å². The van der Waals surface area contributed by atoms with E-state index in [1.165, 1.54) is 11.1 Å². The molecule has 2 heterocycles. The second kappa shape index (κ2) is 8.76. The number of benzene rings is 2. The first-order valence-corrected chi connectivity index (χ1v) is 10.1. The van der Waals surface area contributed by atoms with Crippen LogP contribution in [-0.4, -0.2) is 48.0 Å². The van der Waals surface area contributed by atoms with Crippen molar-refractivity contribution in [3.63, 3.8) is 0 Å². The van der Waals surface area contributed by atoms with Gasteiger partial charge in [-0.3, -0.25) is 9.59 Å². The van der Waals surface area contributed by atoms with Crippen LogP contribution in [0.25, 0.3) is 0 Å². The Kier molecular flexibility index (Phi) is 5.92. The number of carbonyl (C=O) groups excluding carboxylic acids is 2. The average Bonchev–Trinajstić information content (AvgIpc) is 3.17. The van der Waals surface area contributed by atoms with Gasteiger partial charge in [0, 0.05) is 19.1 Å². The van der Waals surface area contributed by atoms with Gasteiger partial charge >= 0.3 is 0 Å². The minimum absolute atomic E-state index is 0.0529. The lowest BCUT2D eigenvalue weighted by atomic mass is 10.1. The van der Waals surface area contributed by atoms with Crippen LogP contribution in [0.3, 0.4) is 0 Å². The second-order valence-electron chi connectivity index (χ2n) is 7.81. The predicted molar refractivity (Wildman–Crippen MR) is 110 cm³/mol. The summed E-state index contributed by atoms with van der Waals surface area (Å²) in [5.74, 6) is -0.138. The zero-order valence-electron chi connectivity index (χ0n) is 16.6. The number of amides is 2. The molecule has 0 radical (unpaired) electrons. The molecule has 0 aromatic heterocycles. The van der Waals surface area contributed by atoms with Crippen molar-refractivity contribution in [2.45, 2.75) is 44.6 Å². The second-order valence-corrected chi connectivity index (χ2v) is 7.81. The third-order valence-electron chi connectivity index (χ3n) is 5.74. The van der Waals surface area contributed by atoms with Gasteiger partial charge in [0.05, 0.1) is 13.2 Å². The van der Waals surface area contributed by atoms with Gasteiger partial charge in [0.25, 0.3) is 0 Å². The first-order valence-electron chi connectivity index (χ1n) is 10.1. The molecule has 29 heavy (non-hydrogen) atoms. The number of rotatable bonds is 7. The normalized spacial score (nSPS) is 23.8. The Morgan fingerprint density at radius 1 is 1.10 bits per heavy atom. The lowest BCUT2D eigenvalue weighted by Crippen LogP contribution is -2.62. The molecule has 2 amide bonds. The Morgan fingerprint density at radius 2 is 1.86 bits per heavy atom. The van der Waals surface area contributed by atoms with E-state index in [0.29, 0.717) is 19.6 Å². The van der Waals surface area contributed by atoms with Crippen LogP contribution in [0, 0.1) is 6.92 Å². The minimum atomic E-state index is -0.613. The SMILES string of the molecule is Cc1ccccc1CN[C@H]1C[C@H]2C(=O)N[C@@H](COCc3ccccc3)C(=O)N2C1. The van der Waals surface area contributed by atoms with Crippen LogP contribution in [0.5, 0.6) is 0 Å². The highest BCUT2D eigenvalue weighted by Gasteiger charge is 2.46. The molecule has 2 aliphatic rings. The van der Waals surface area contributed by atoms with Gasteiger partial charge < -0.3 is 20.3 Å². The van der Waals surface area contributed by atoms with E-state index in [-0.39, 0.29) is 30.5 Å². The topological polar surface area (TPSA) is 70.7 Å². The molecule has 0 bridgehead atoms. The van der Waals surface area contributed by atoms with Gasteiger partial charge in [-0.2, -0.15) is 0 Å². The minimum Gasteiger partial charge on any atom is -0.374 e. The Morgan fingerprint density at radius 3 is 2.66 bits per heavy atom. The summed E-state index contributed by atoms with van der Waals surface area (Å²) < 4.78 is 5.69. The van der Waals surface area contributed by atoms with Gasteiger partial charge in [0.2, 0.25) is 11.8 Å². The summed E-state index contributed by atoms with van der Waals surface area (Å²) in [4.78, 5) is 27.1. The number of fused-ring (bicyclic) bond motifs is 1. The van der Waals surface area contributed by atoms with Crippen molar-refractivity contribution in [1.82, 2.24) is 15.5 Å². The quantitative estimate of drug-likeness (QED) is 0.752. The number of nitrogens with one attached hydrogen (secondary N) is 2. The van der Waals surface area contributed by atoms with Gasteiger partial charge in [0.1, 0.15) is 12.1 Å². The van der Waals surface area contributed by atoms with E-state index < -0.39 is 6.04 Å². The fourth-order valence-electron chi connectivity index (χ4n) is 4.05. The number of hydrogen-bond donors (Lipinski definition) is 2. The predicted octanol–water partition coefficient (Wildman–Crippen LogP) is 1.77. The number of nitrogens with zero attached hydrogens (tertiary/aromatic N) is 1. The maximum Gasteiger partial charge on any atom is 0.248 e. The van der Waals surface area contributed by atoms with Crippen molar-refractivity contribution < 1.29 is 14.3 Å². The third-order valence-corrected chi connectivity index (χ3v) is 5.74. The van der Waals surface area contributed by atoms with E-state index in [1.807, 2.05) is 42.5 Å². The summed E-state index contributed by atoms with van der Waals surface area (Å²) >= 11 is 0. The van der Waals surface area contributed by atoms with Crippen molar-refractivity contribution in [2.75, 3.05) is 13.2 Å². The van der Waals surface area contributed by atoms with E-state index in [2.05, 4.69) is 29.7 Å². The van der Waals surface area contributed by atoms with Crippen LogP contribution >= 0.6 is 0 Å². The molecule has 0 unspecified atom stereocenters. The Hall–Kier alpha value is -2.70. The van der Waals surface area contributed by atoms with Crippen LogP contribution in [-0.2, 0) is 27.5 Å². The molecule has 2 fully saturated rings. The average molecular weight is 393 g/mol. The number of aryl methyl sites for hydroxylation is 1. The molecule has 2 aromatic carbocycles. The third kappa shape index (κ3) is 4.49. The Labute approximate surface area is 171 Å². The molecule has 2 aromatic rings. The summed E-state index contributed by atoms with van der Waals surface area (Å²) in [7, 11) is 0. The molecular formula is C23H27N3O3. The number of piperazine rings is 1. The maximum atomic E-state index is 12.9. The highest BCUT2D eigenvalue weighted by atomic mass is 16.5. The number of ether oxygens (including phenoxy) is 1. The van der Waals surface area contributed by atoms with Crippen LogP contribution in [0.4, 0.5) is 0 Å². The Balaban J connectivity index is 1.31. The fraction of sp³-hybridized carbons (Fsp3) is 0.391. The van der Waals surface area contributed by atoms with Gasteiger partial charge in [0.15, 0.2) is 0 Å². The fourth-order valence-corrected chi connectivity index (χ4v) is 4.05.